The number of rotatable bonds is 6. The largest absolute Gasteiger partial charge is 0.490 e. The predicted molar refractivity (Wildman–Crippen MR) is 124 cm³/mol. The second kappa shape index (κ2) is 8.97. The summed E-state index contributed by atoms with van der Waals surface area (Å²) in [5.74, 6) is 1.35. The number of anilines is 1. The van der Waals surface area contributed by atoms with E-state index in [0.29, 0.717) is 46.1 Å². The number of ketones is 1. The van der Waals surface area contributed by atoms with Gasteiger partial charge < -0.3 is 14.8 Å². The Labute approximate surface area is 198 Å². The lowest BCUT2D eigenvalue weighted by atomic mass is 9.85. The number of hydrogen-bond donors (Lipinski definition) is 1. The minimum atomic E-state index is -0.428. The third-order valence-electron chi connectivity index (χ3n) is 5.79. The molecule has 2 heterocycles. The van der Waals surface area contributed by atoms with Crippen LogP contribution in [0.5, 0.6) is 11.5 Å². The van der Waals surface area contributed by atoms with E-state index in [1.165, 1.54) is 12.4 Å². The standard InChI is InChI=1S/C24H22BrFN4O3/c1-2-32-20-11-15(10-16(25)23(20)33-12-14-6-3-4-7-17(14)26)22-21-18(8-5-9-19(21)31)29-24-27-13-28-30(22)24/h3-4,6-7,10-11,13,22H,2,5,8-9,12H2,1H3,(H,27,28,29). The van der Waals surface area contributed by atoms with Crippen LogP contribution < -0.4 is 14.8 Å². The van der Waals surface area contributed by atoms with Crippen molar-refractivity contribution in [3.8, 4) is 11.5 Å². The van der Waals surface area contributed by atoms with Gasteiger partial charge in [0.25, 0.3) is 0 Å². The molecule has 33 heavy (non-hydrogen) atoms. The Balaban J connectivity index is 1.56. The Kier molecular flexibility index (Phi) is 5.88. The molecule has 1 aliphatic heterocycles. The van der Waals surface area contributed by atoms with Gasteiger partial charge in [0.05, 0.1) is 11.1 Å². The van der Waals surface area contributed by atoms with Gasteiger partial charge in [0.15, 0.2) is 17.3 Å². The molecule has 3 aromatic rings. The molecule has 0 spiro atoms. The molecular formula is C24H22BrFN4O3. The molecule has 0 amide bonds. The van der Waals surface area contributed by atoms with Crippen molar-refractivity contribution >= 4 is 27.7 Å². The first kappa shape index (κ1) is 21.6. The lowest BCUT2D eigenvalue weighted by molar-refractivity contribution is -0.116. The molecule has 170 valence electrons. The van der Waals surface area contributed by atoms with Crippen LogP contribution in [0, 0.1) is 5.82 Å². The van der Waals surface area contributed by atoms with E-state index in [-0.39, 0.29) is 18.2 Å². The number of carbonyl (C=O) groups excluding carboxylic acids is 1. The molecule has 1 atom stereocenters. The summed E-state index contributed by atoms with van der Waals surface area (Å²) >= 11 is 3.60. The van der Waals surface area contributed by atoms with Crippen molar-refractivity contribution < 1.29 is 18.7 Å². The van der Waals surface area contributed by atoms with Crippen LogP contribution in [0.25, 0.3) is 0 Å². The van der Waals surface area contributed by atoms with Gasteiger partial charge in [0.1, 0.15) is 24.8 Å². The average molecular weight is 513 g/mol. The Hall–Kier alpha value is -3.20. The second-order valence-corrected chi connectivity index (χ2v) is 8.72. The van der Waals surface area contributed by atoms with Gasteiger partial charge in [-0.05, 0) is 59.5 Å². The lowest BCUT2D eigenvalue weighted by Gasteiger charge is -2.32. The highest BCUT2D eigenvalue weighted by atomic mass is 79.9. The number of benzene rings is 2. The first-order chi connectivity index (χ1) is 16.1. The van der Waals surface area contributed by atoms with Gasteiger partial charge >= 0.3 is 0 Å². The zero-order valence-corrected chi connectivity index (χ0v) is 19.6. The van der Waals surface area contributed by atoms with E-state index in [9.17, 15) is 9.18 Å². The van der Waals surface area contributed by atoms with Crippen LogP contribution in [-0.4, -0.2) is 27.2 Å². The summed E-state index contributed by atoms with van der Waals surface area (Å²) in [5.41, 5.74) is 2.86. The van der Waals surface area contributed by atoms with Gasteiger partial charge in [-0.1, -0.05) is 18.2 Å². The van der Waals surface area contributed by atoms with E-state index in [1.807, 2.05) is 19.1 Å². The molecular weight excluding hydrogens is 491 g/mol. The quantitative estimate of drug-likeness (QED) is 0.490. The second-order valence-electron chi connectivity index (χ2n) is 7.87. The maximum atomic E-state index is 14.1. The Morgan fingerprint density at radius 3 is 2.91 bits per heavy atom. The van der Waals surface area contributed by atoms with Crippen molar-refractivity contribution in [2.24, 2.45) is 0 Å². The Morgan fingerprint density at radius 2 is 2.09 bits per heavy atom. The molecule has 2 aromatic carbocycles. The smallest absolute Gasteiger partial charge is 0.226 e. The fourth-order valence-corrected chi connectivity index (χ4v) is 4.89. The van der Waals surface area contributed by atoms with Crippen LogP contribution in [0.2, 0.25) is 0 Å². The Morgan fingerprint density at radius 1 is 1.24 bits per heavy atom. The topological polar surface area (TPSA) is 78.3 Å². The van der Waals surface area contributed by atoms with E-state index in [0.717, 1.165) is 24.1 Å². The number of hydrogen-bond acceptors (Lipinski definition) is 6. The summed E-state index contributed by atoms with van der Waals surface area (Å²) in [6.07, 6.45) is 3.57. The molecule has 0 fully saturated rings. The van der Waals surface area contributed by atoms with Crippen LogP contribution in [0.1, 0.15) is 43.4 Å². The number of carbonyl (C=O) groups is 1. The highest BCUT2D eigenvalue weighted by Crippen LogP contribution is 2.44. The van der Waals surface area contributed by atoms with Crippen molar-refractivity contribution in [3.63, 3.8) is 0 Å². The van der Waals surface area contributed by atoms with Gasteiger partial charge in [0.2, 0.25) is 5.95 Å². The normalized spacial score (nSPS) is 17.3. The monoisotopic (exact) mass is 512 g/mol. The van der Waals surface area contributed by atoms with Crippen LogP contribution in [0.3, 0.4) is 0 Å². The molecule has 7 nitrogen and oxygen atoms in total. The highest BCUT2D eigenvalue weighted by Gasteiger charge is 2.36. The Bertz CT molecular complexity index is 1260. The van der Waals surface area contributed by atoms with E-state index in [1.54, 1.807) is 22.9 Å². The first-order valence-corrected chi connectivity index (χ1v) is 11.6. The third-order valence-corrected chi connectivity index (χ3v) is 6.38. The van der Waals surface area contributed by atoms with Crippen molar-refractivity contribution in [2.45, 2.75) is 38.8 Å². The molecule has 0 saturated carbocycles. The van der Waals surface area contributed by atoms with Crippen molar-refractivity contribution in [1.29, 1.82) is 0 Å². The average Bonchev–Trinajstić information content (AvgIpc) is 3.26. The number of nitrogens with one attached hydrogen (secondary N) is 1. The number of fused-ring (bicyclic) bond motifs is 1. The van der Waals surface area contributed by atoms with E-state index >= 15 is 0 Å². The zero-order valence-electron chi connectivity index (χ0n) is 18.0. The fraction of sp³-hybridized carbons (Fsp3) is 0.292. The van der Waals surface area contributed by atoms with Crippen molar-refractivity contribution in [3.05, 3.63) is 75.4 Å². The number of nitrogens with zero attached hydrogens (tertiary/aromatic N) is 3. The van der Waals surface area contributed by atoms with E-state index in [4.69, 9.17) is 9.47 Å². The summed E-state index contributed by atoms with van der Waals surface area (Å²) in [5, 5.41) is 7.64. The van der Waals surface area contributed by atoms with E-state index in [2.05, 4.69) is 31.3 Å². The molecule has 0 bridgehead atoms. The van der Waals surface area contributed by atoms with Gasteiger partial charge in [-0.2, -0.15) is 10.1 Å². The number of halogens is 2. The molecule has 9 heteroatoms. The molecule has 5 rings (SSSR count). The van der Waals surface area contributed by atoms with Crippen LogP contribution in [0.15, 0.2) is 58.5 Å². The summed E-state index contributed by atoms with van der Waals surface area (Å²) in [6.45, 7) is 2.35. The molecule has 1 N–H and O–H groups in total. The number of Topliss-reactive ketones (excluding diaryl/α,β-unsaturated/α-hetero) is 1. The maximum Gasteiger partial charge on any atom is 0.226 e. The van der Waals surface area contributed by atoms with Crippen molar-refractivity contribution in [2.75, 3.05) is 11.9 Å². The minimum absolute atomic E-state index is 0.0546. The number of allylic oxidation sites excluding steroid dienone is 2. The maximum absolute atomic E-state index is 14.1. The van der Waals surface area contributed by atoms with Crippen LogP contribution >= 0.6 is 15.9 Å². The highest BCUT2D eigenvalue weighted by molar-refractivity contribution is 9.10. The van der Waals surface area contributed by atoms with Crippen LogP contribution in [-0.2, 0) is 11.4 Å². The molecule has 1 aromatic heterocycles. The van der Waals surface area contributed by atoms with Gasteiger partial charge in [-0.25, -0.2) is 9.07 Å². The molecule has 0 radical (unpaired) electrons. The van der Waals surface area contributed by atoms with Crippen LogP contribution in [0.4, 0.5) is 10.3 Å². The zero-order chi connectivity index (χ0) is 22.9. The van der Waals surface area contributed by atoms with E-state index < -0.39 is 6.04 Å². The molecule has 2 aliphatic rings. The minimum Gasteiger partial charge on any atom is -0.490 e. The van der Waals surface area contributed by atoms with Crippen molar-refractivity contribution in [1.82, 2.24) is 14.8 Å². The summed E-state index contributed by atoms with van der Waals surface area (Å²) in [6, 6.07) is 9.82. The molecule has 1 unspecified atom stereocenters. The SMILES string of the molecule is CCOc1cc(C2C3=C(CCCC3=O)Nc3ncnn32)cc(Br)c1OCc1ccccc1F. The summed E-state index contributed by atoms with van der Waals surface area (Å²) in [4.78, 5) is 17.2. The summed E-state index contributed by atoms with van der Waals surface area (Å²) in [7, 11) is 0. The van der Waals surface area contributed by atoms with Gasteiger partial charge in [0, 0.05) is 23.3 Å². The molecule has 1 aliphatic carbocycles. The number of aromatic nitrogens is 3. The fourth-order valence-electron chi connectivity index (χ4n) is 4.32. The van der Waals surface area contributed by atoms with Gasteiger partial charge in [-0.3, -0.25) is 4.79 Å². The number of ether oxygens (including phenoxy) is 2. The lowest BCUT2D eigenvalue weighted by Crippen LogP contribution is -2.31. The predicted octanol–water partition coefficient (Wildman–Crippen LogP) is 5.18. The molecule has 0 saturated heterocycles. The first-order valence-electron chi connectivity index (χ1n) is 10.8. The van der Waals surface area contributed by atoms with Gasteiger partial charge in [-0.15, -0.1) is 0 Å². The third kappa shape index (κ3) is 4.01. The summed E-state index contributed by atoms with van der Waals surface area (Å²) < 4.78 is 28.3.